The number of alkyl halides is 1. The number of nitrogens with zero attached hydrogens (tertiary/aromatic N) is 5. The summed E-state index contributed by atoms with van der Waals surface area (Å²) in [6.45, 7) is 2.38. The lowest BCUT2D eigenvalue weighted by molar-refractivity contribution is 0.469. The van der Waals surface area contributed by atoms with Crippen molar-refractivity contribution in [3.8, 4) is 11.5 Å². The maximum atomic E-state index is 6.12. The van der Waals surface area contributed by atoms with E-state index < -0.39 is 0 Å². The van der Waals surface area contributed by atoms with E-state index in [4.69, 9.17) is 16.0 Å². The van der Waals surface area contributed by atoms with Crippen LogP contribution in [0.3, 0.4) is 0 Å². The predicted molar refractivity (Wildman–Crippen MR) is 77.7 cm³/mol. The van der Waals surface area contributed by atoms with Crippen molar-refractivity contribution in [2.75, 3.05) is 0 Å². The van der Waals surface area contributed by atoms with E-state index in [0.29, 0.717) is 18.3 Å². The Kier molecular flexibility index (Phi) is 3.96. The number of halogens is 1. The molecule has 3 rings (SSSR count). The molecule has 3 aromatic rings. The molecule has 0 fully saturated rings. The van der Waals surface area contributed by atoms with Crippen LogP contribution in [0.5, 0.6) is 0 Å². The Balaban J connectivity index is 1.74. The molecule has 0 bridgehead atoms. The largest absolute Gasteiger partial charge is 0.419 e. The zero-order valence-electron chi connectivity index (χ0n) is 11.5. The minimum Gasteiger partial charge on any atom is -0.419 e. The van der Waals surface area contributed by atoms with Crippen LogP contribution < -0.4 is 0 Å². The summed E-state index contributed by atoms with van der Waals surface area (Å²) in [5.41, 5.74) is 1.64. The van der Waals surface area contributed by atoms with E-state index >= 15 is 0 Å². The van der Waals surface area contributed by atoms with Gasteiger partial charge in [-0.1, -0.05) is 30.3 Å². The molecular formula is C14H14ClN5O. The Labute approximate surface area is 126 Å². The van der Waals surface area contributed by atoms with Gasteiger partial charge in [0.25, 0.3) is 0 Å². The highest BCUT2D eigenvalue weighted by Crippen LogP contribution is 2.21. The Morgan fingerprint density at radius 1 is 1.19 bits per heavy atom. The SMILES string of the molecule is CCC(Cl)c1cn(Cc2nnc(-c3ccccc3)o2)nn1. The van der Waals surface area contributed by atoms with E-state index in [9.17, 15) is 0 Å². The first-order chi connectivity index (χ1) is 10.3. The van der Waals surface area contributed by atoms with Crippen LogP contribution >= 0.6 is 11.6 Å². The predicted octanol–water partition coefficient (Wildman–Crippen LogP) is 3.07. The third-order valence-electron chi connectivity index (χ3n) is 3.02. The number of benzene rings is 1. The molecule has 0 saturated carbocycles. The molecule has 0 N–H and O–H groups in total. The van der Waals surface area contributed by atoms with Gasteiger partial charge in [-0.3, -0.25) is 0 Å². The van der Waals surface area contributed by atoms with Gasteiger partial charge in [0.2, 0.25) is 11.8 Å². The lowest BCUT2D eigenvalue weighted by Crippen LogP contribution is -2.00. The number of hydrogen-bond donors (Lipinski definition) is 0. The summed E-state index contributed by atoms with van der Waals surface area (Å²) in [6.07, 6.45) is 2.60. The van der Waals surface area contributed by atoms with E-state index in [1.807, 2.05) is 37.3 Å². The second kappa shape index (κ2) is 6.05. The third-order valence-corrected chi connectivity index (χ3v) is 3.55. The monoisotopic (exact) mass is 303 g/mol. The van der Waals surface area contributed by atoms with Crippen LogP contribution in [0.15, 0.2) is 40.9 Å². The molecule has 0 aliphatic rings. The zero-order valence-corrected chi connectivity index (χ0v) is 12.2. The number of hydrogen-bond acceptors (Lipinski definition) is 5. The maximum absolute atomic E-state index is 6.12. The summed E-state index contributed by atoms with van der Waals surface area (Å²) in [4.78, 5) is 0. The average Bonchev–Trinajstić information content (AvgIpc) is 3.17. The Morgan fingerprint density at radius 3 is 2.76 bits per heavy atom. The van der Waals surface area contributed by atoms with Crippen molar-refractivity contribution < 1.29 is 4.42 Å². The molecule has 21 heavy (non-hydrogen) atoms. The van der Waals surface area contributed by atoms with Crippen molar-refractivity contribution in [1.82, 2.24) is 25.2 Å². The summed E-state index contributed by atoms with van der Waals surface area (Å²) < 4.78 is 7.27. The summed E-state index contributed by atoms with van der Waals surface area (Å²) in [5, 5.41) is 16.0. The Bertz CT molecular complexity index is 709. The topological polar surface area (TPSA) is 69.6 Å². The van der Waals surface area contributed by atoms with Crippen molar-refractivity contribution in [2.24, 2.45) is 0 Å². The van der Waals surface area contributed by atoms with Crippen molar-refractivity contribution in [1.29, 1.82) is 0 Å². The summed E-state index contributed by atoms with van der Waals surface area (Å²) in [5.74, 6) is 0.975. The summed E-state index contributed by atoms with van der Waals surface area (Å²) in [7, 11) is 0. The van der Waals surface area contributed by atoms with Crippen LogP contribution in [0.2, 0.25) is 0 Å². The quantitative estimate of drug-likeness (QED) is 0.677. The van der Waals surface area contributed by atoms with E-state index in [1.54, 1.807) is 10.9 Å². The molecule has 0 saturated heterocycles. The second-order valence-corrected chi connectivity index (χ2v) is 5.11. The second-order valence-electron chi connectivity index (χ2n) is 4.58. The summed E-state index contributed by atoms with van der Waals surface area (Å²) in [6, 6.07) is 9.63. The molecule has 0 spiro atoms. The molecule has 0 aliphatic carbocycles. The van der Waals surface area contributed by atoms with Crippen molar-refractivity contribution >= 4 is 11.6 Å². The number of aromatic nitrogens is 5. The fourth-order valence-corrected chi connectivity index (χ4v) is 2.00. The highest BCUT2D eigenvalue weighted by atomic mass is 35.5. The van der Waals surface area contributed by atoms with Crippen molar-refractivity contribution in [2.45, 2.75) is 25.3 Å². The van der Waals surface area contributed by atoms with Gasteiger partial charge in [0.15, 0.2) is 0 Å². The van der Waals surface area contributed by atoms with Crippen molar-refractivity contribution in [3.63, 3.8) is 0 Å². The first-order valence-corrected chi connectivity index (χ1v) is 7.12. The van der Waals surface area contributed by atoms with Gasteiger partial charge in [0.1, 0.15) is 12.2 Å². The van der Waals surface area contributed by atoms with E-state index in [-0.39, 0.29) is 5.38 Å². The molecule has 1 aromatic carbocycles. The highest BCUT2D eigenvalue weighted by molar-refractivity contribution is 6.20. The fourth-order valence-electron chi connectivity index (χ4n) is 1.90. The molecule has 108 valence electrons. The molecule has 0 aliphatic heterocycles. The first kappa shape index (κ1) is 13.8. The Hall–Kier alpha value is -2.21. The zero-order chi connectivity index (χ0) is 14.7. The number of rotatable bonds is 5. The molecular weight excluding hydrogens is 290 g/mol. The molecule has 7 heteroatoms. The fraction of sp³-hybridized carbons (Fsp3) is 0.286. The highest BCUT2D eigenvalue weighted by Gasteiger charge is 2.13. The smallest absolute Gasteiger partial charge is 0.247 e. The van der Waals surface area contributed by atoms with Gasteiger partial charge in [-0.2, -0.15) is 0 Å². The van der Waals surface area contributed by atoms with Crippen LogP contribution in [-0.4, -0.2) is 25.2 Å². The lowest BCUT2D eigenvalue weighted by atomic mass is 10.2. The molecule has 1 atom stereocenters. The Morgan fingerprint density at radius 2 is 2.00 bits per heavy atom. The van der Waals surface area contributed by atoms with Gasteiger partial charge in [-0.05, 0) is 18.6 Å². The minimum atomic E-state index is -0.124. The van der Waals surface area contributed by atoms with Gasteiger partial charge >= 0.3 is 0 Å². The van der Waals surface area contributed by atoms with Crippen LogP contribution in [0.1, 0.15) is 30.3 Å². The van der Waals surface area contributed by atoms with Crippen LogP contribution in [0.4, 0.5) is 0 Å². The molecule has 1 unspecified atom stereocenters. The minimum absolute atomic E-state index is 0.124. The molecule has 0 radical (unpaired) electrons. The normalized spacial score (nSPS) is 12.5. The van der Waals surface area contributed by atoms with Crippen LogP contribution in [-0.2, 0) is 6.54 Å². The van der Waals surface area contributed by atoms with Crippen molar-refractivity contribution in [3.05, 3.63) is 48.1 Å². The van der Waals surface area contributed by atoms with Crippen LogP contribution in [0, 0.1) is 0 Å². The van der Waals surface area contributed by atoms with Gasteiger partial charge < -0.3 is 4.42 Å². The maximum Gasteiger partial charge on any atom is 0.247 e. The lowest BCUT2D eigenvalue weighted by Gasteiger charge is -1.98. The standard InChI is InChI=1S/C14H14ClN5O/c1-2-11(15)12-8-20(19-16-12)9-13-17-18-14(21-13)10-6-4-3-5-7-10/h3-8,11H,2,9H2,1H3. The van der Waals surface area contributed by atoms with E-state index in [1.165, 1.54) is 0 Å². The molecule has 0 amide bonds. The van der Waals surface area contributed by atoms with E-state index in [2.05, 4.69) is 20.5 Å². The van der Waals surface area contributed by atoms with E-state index in [0.717, 1.165) is 17.7 Å². The molecule has 2 aromatic heterocycles. The van der Waals surface area contributed by atoms with Gasteiger partial charge in [-0.15, -0.1) is 26.9 Å². The molecule has 6 nitrogen and oxygen atoms in total. The molecule has 2 heterocycles. The van der Waals surface area contributed by atoms with Gasteiger partial charge in [0, 0.05) is 5.56 Å². The first-order valence-electron chi connectivity index (χ1n) is 6.68. The van der Waals surface area contributed by atoms with Crippen LogP contribution in [0.25, 0.3) is 11.5 Å². The summed E-state index contributed by atoms with van der Waals surface area (Å²) >= 11 is 6.12. The van der Waals surface area contributed by atoms with Gasteiger partial charge in [-0.25, -0.2) is 4.68 Å². The third kappa shape index (κ3) is 3.11. The average molecular weight is 304 g/mol. The van der Waals surface area contributed by atoms with Gasteiger partial charge in [0.05, 0.1) is 11.6 Å².